The van der Waals surface area contributed by atoms with E-state index >= 15 is 0 Å². The highest BCUT2D eigenvalue weighted by Crippen LogP contribution is 2.31. The Balaban J connectivity index is 1.85. The molecule has 0 aliphatic carbocycles. The van der Waals surface area contributed by atoms with Crippen molar-refractivity contribution in [2.24, 2.45) is 0 Å². The highest BCUT2D eigenvalue weighted by atomic mass is 32.2. The van der Waals surface area contributed by atoms with E-state index in [-0.39, 0.29) is 11.4 Å². The maximum absolute atomic E-state index is 13.3. The Kier molecular flexibility index (Phi) is 5.53. The van der Waals surface area contributed by atoms with E-state index in [1.807, 2.05) is 19.9 Å². The maximum atomic E-state index is 13.3. The molecular weight excluding hydrogens is 425 g/mol. The molecule has 0 atom stereocenters. The van der Waals surface area contributed by atoms with Crippen molar-refractivity contribution in [2.45, 2.75) is 30.9 Å². The summed E-state index contributed by atoms with van der Waals surface area (Å²) >= 11 is 1.27. The van der Waals surface area contributed by atoms with E-state index in [1.54, 1.807) is 24.3 Å². The van der Waals surface area contributed by atoms with Crippen LogP contribution in [0.1, 0.15) is 22.8 Å². The zero-order valence-electron chi connectivity index (χ0n) is 16.6. The zero-order valence-corrected chi connectivity index (χ0v) is 17.5. The van der Waals surface area contributed by atoms with Crippen LogP contribution in [0, 0.1) is 13.8 Å². The molecule has 31 heavy (non-hydrogen) atoms. The minimum Gasteiger partial charge on any atom is -0.268 e. The van der Waals surface area contributed by atoms with Crippen LogP contribution < -0.4 is 5.56 Å². The number of aryl methyl sites for hydroxylation is 2. The van der Waals surface area contributed by atoms with Crippen LogP contribution >= 0.6 is 11.8 Å². The molecule has 5 nitrogen and oxygen atoms in total. The number of benzene rings is 2. The van der Waals surface area contributed by atoms with Crippen molar-refractivity contribution in [2.75, 3.05) is 0 Å². The molecule has 0 N–H and O–H groups in total. The van der Waals surface area contributed by atoms with Crippen LogP contribution in [-0.2, 0) is 11.9 Å². The van der Waals surface area contributed by atoms with Crippen LogP contribution in [0.25, 0.3) is 16.6 Å². The van der Waals surface area contributed by atoms with Gasteiger partial charge in [0.25, 0.3) is 5.56 Å². The average Bonchev–Trinajstić information content (AvgIpc) is 2.71. The molecule has 4 aromatic rings. The lowest BCUT2D eigenvalue weighted by Crippen LogP contribution is -2.24. The second-order valence-electron chi connectivity index (χ2n) is 6.96. The number of nitrogens with zero attached hydrogens (tertiary/aromatic N) is 4. The Morgan fingerprint density at radius 2 is 1.65 bits per heavy atom. The number of fused-ring (bicyclic) bond motifs is 1. The first kappa shape index (κ1) is 21.0. The molecule has 0 aliphatic heterocycles. The van der Waals surface area contributed by atoms with Gasteiger partial charge in [-0.25, -0.2) is 15.0 Å². The standard InChI is InChI=1S/C22H17F3N4OS/c1-13-10-14(2)27-21(26-13)31-12-19-28-18-9-4-3-8-17(18)20(30)29(19)16-7-5-6-15(11-16)22(23,24)25/h3-11H,12H2,1-2H3. The van der Waals surface area contributed by atoms with Gasteiger partial charge >= 0.3 is 6.18 Å². The van der Waals surface area contributed by atoms with Crippen LogP contribution in [0.3, 0.4) is 0 Å². The predicted octanol–water partition coefficient (Wildman–Crippen LogP) is 5.10. The van der Waals surface area contributed by atoms with Crippen molar-refractivity contribution in [1.82, 2.24) is 19.5 Å². The number of hydrogen-bond acceptors (Lipinski definition) is 5. The summed E-state index contributed by atoms with van der Waals surface area (Å²) in [6.07, 6.45) is -4.52. The fourth-order valence-corrected chi connectivity index (χ4v) is 4.12. The van der Waals surface area contributed by atoms with E-state index in [9.17, 15) is 18.0 Å². The molecule has 0 amide bonds. The lowest BCUT2D eigenvalue weighted by molar-refractivity contribution is -0.137. The van der Waals surface area contributed by atoms with Crippen LogP contribution in [0.15, 0.2) is 64.5 Å². The van der Waals surface area contributed by atoms with Gasteiger partial charge in [-0.3, -0.25) is 9.36 Å². The number of halogens is 3. The molecule has 0 fully saturated rings. The molecule has 0 aliphatic rings. The van der Waals surface area contributed by atoms with Gasteiger partial charge in [-0.2, -0.15) is 13.2 Å². The van der Waals surface area contributed by atoms with Gasteiger partial charge in [-0.05, 0) is 50.2 Å². The van der Waals surface area contributed by atoms with Crippen molar-refractivity contribution in [3.05, 3.63) is 87.7 Å². The zero-order chi connectivity index (χ0) is 22.2. The third kappa shape index (κ3) is 4.46. The Morgan fingerprint density at radius 1 is 0.935 bits per heavy atom. The van der Waals surface area contributed by atoms with E-state index in [1.165, 1.54) is 28.5 Å². The molecule has 158 valence electrons. The normalized spacial score (nSPS) is 11.8. The molecule has 2 aromatic heterocycles. The molecule has 2 aromatic carbocycles. The summed E-state index contributed by atoms with van der Waals surface area (Å²) in [5.41, 5.74) is 0.930. The summed E-state index contributed by atoms with van der Waals surface area (Å²) in [5, 5.41) is 0.840. The molecule has 0 saturated carbocycles. The molecule has 0 spiro atoms. The number of alkyl halides is 3. The highest BCUT2D eigenvalue weighted by Gasteiger charge is 2.30. The van der Waals surface area contributed by atoms with Crippen LogP contribution in [-0.4, -0.2) is 19.5 Å². The third-order valence-corrected chi connectivity index (χ3v) is 5.41. The highest BCUT2D eigenvalue weighted by molar-refractivity contribution is 7.98. The molecule has 0 bridgehead atoms. The lowest BCUT2D eigenvalue weighted by atomic mass is 10.2. The minimum atomic E-state index is -4.52. The van der Waals surface area contributed by atoms with Gasteiger partial charge in [0.2, 0.25) is 0 Å². The van der Waals surface area contributed by atoms with Crippen LogP contribution in [0.2, 0.25) is 0 Å². The number of hydrogen-bond donors (Lipinski definition) is 0. The molecule has 4 rings (SSSR count). The van der Waals surface area contributed by atoms with Gasteiger partial charge in [0.15, 0.2) is 5.16 Å². The second-order valence-corrected chi connectivity index (χ2v) is 7.90. The van der Waals surface area contributed by atoms with Gasteiger partial charge in [-0.1, -0.05) is 30.0 Å². The first-order chi connectivity index (χ1) is 14.7. The first-order valence-corrected chi connectivity index (χ1v) is 10.3. The summed E-state index contributed by atoms with van der Waals surface area (Å²) in [6, 6.07) is 13.3. The molecule has 0 saturated heterocycles. The van der Waals surface area contributed by atoms with E-state index < -0.39 is 17.3 Å². The minimum absolute atomic E-state index is 0.106. The summed E-state index contributed by atoms with van der Waals surface area (Å²) < 4.78 is 41.0. The number of rotatable bonds is 4. The fourth-order valence-electron chi connectivity index (χ4n) is 3.25. The van der Waals surface area contributed by atoms with Crippen molar-refractivity contribution < 1.29 is 13.2 Å². The Morgan fingerprint density at radius 3 is 2.35 bits per heavy atom. The smallest absolute Gasteiger partial charge is 0.268 e. The topological polar surface area (TPSA) is 60.7 Å². The summed E-state index contributed by atoms with van der Waals surface area (Å²) in [5.74, 6) is 0.523. The number of thioether (sulfide) groups is 1. The first-order valence-electron chi connectivity index (χ1n) is 9.36. The Labute approximate surface area is 180 Å². The van der Waals surface area contributed by atoms with E-state index in [0.29, 0.717) is 21.9 Å². The maximum Gasteiger partial charge on any atom is 0.416 e. The average molecular weight is 442 g/mol. The summed E-state index contributed by atoms with van der Waals surface area (Å²) in [6.45, 7) is 3.71. The van der Waals surface area contributed by atoms with Gasteiger partial charge in [0.1, 0.15) is 5.82 Å². The van der Waals surface area contributed by atoms with E-state index in [0.717, 1.165) is 23.5 Å². The third-order valence-electron chi connectivity index (χ3n) is 4.57. The largest absolute Gasteiger partial charge is 0.416 e. The van der Waals surface area contributed by atoms with Gasteiger partial charge < -0.3 is 0 Å². The van der Waals surface area contributed by atoms with Gasteiger partial charge in [0.05, 0.1) is 27.9 Å². The quantitative estimate of drug-likeness (QED) is 0.325. The van der Waals surface area contributed by atoms with E-state index in [2.05, 4.69) is 15.0 Å². The number of para-hydroxylation sites is 1. The van der Waals surface area contributed by atoms with Crippen molar-refractivity contribution in [3.8, 4) is 5.69 Å². The van der Waals surface area contributed by atoms with Crippen molar-refractivity contribution in [1.29, 1.82) is 0 Å². The van der Waals surface area contributed by atoms with E-state index in [4.69, 9.17) is 0 Å². The predicted molar refractivity (Wildman–Crippen MR) is 113 cm³/mol. The monoisotopic (exact) mass is 442 g/mol. The Bertz CT molecular complexity index is 1310. The molecule has 0 radical (unpaired) electrons. The van der Waals surface area contributed by atoms with Gasteiger partial charge in [0, 0.05) is 11.4 Å². The molecule has 0 unspecified atom stereocenters. The van der Waals surface area contributed by atoms with Crippen LogP contribution in [0.4, 0.5) is 13.2 Å². The summed E-state index contributed by atoms with van der Waals surface area (Å²) in [4.78, 5) is 26.5. The molecule has 9 heteroatoms. The molecule has 2 heterocycles. The van der Waals surface area contributed by atoms with Gasteiger partial charge in [-0.15, -0.1) is 0 Å². The van der Waals surface area contributed by atoms with Crippen LogP contribution in [0.5, 0.6) is 0 Å². The summed E-state index contributed by atoms with van der Waals surface area (Å²) in [7, 11) is 0. The number of aromatic nitrogens is 4. The fraction of sp³-hybridized carbons (Fsp3) is 0.182. The SMILES string of the molecule is Cc1cc(C)nc(SCc2nc3ccccc3c(=O)n2-c2cccc(C(F)(F)F)c2)n1. The Hall–Kier alpha value is -3.20. The molecular formula is C22H17F3N4OS. The van der Waals surface area contributed by atoms with Crippen molar-refractivity contribution >= 4 is 22.7 Å². The lowest BCUT2D eigenvalue weighted by Gasteiger charge is -2.15. The second kappa shape index (κ2) is 8.14. The van der Waals surface area contributed by atoms with Crippen molar-refractivity contribution in [3.63, 3.8) is 0 Å².